The standard InChI is InChI=1S/C26H22N6O2/c1-32(2)26(34)29-19-9-7-18(8-10-19)24-22(14-28-31-24)20-11-12-27-25-21(20)13-23(30-25)17-5-3-16(15-33)4-6-17/h3-15H,1-2H3,(H,27,30)(H,28,31)(H,29,34). The Morgan fingerprint density at radius 2 is 1.71 bits per heavy atom. The zero-order valence-corrected chi connectivity index (χ0v) is 18.7. The third-order valence-electron chi connectivity index (χ3n) is 5.64. The molecule has 2 aromatic carbocycles. The second-order valence-electron chi connectivity index (χ2n) is 8.09. The number of carbonyl (C=O) groups is 2. The van der Waals surface area contributed by atoms with E-state index in [0.29, 0.717) is 11.3 Å². The van der Waals surface area contributed by atoms with Gasteiger partial charge in [-0.3, -0.25) is 9.89 Å². The molecule has 0 saturated carbocycles. The number of anilines is 1. The quantitative estimate of drug-likeness (QED) is 0.320. The minimum atomic E-state index is -0.184. The number of aromatic nitrogens is 4. The number of aromatic amines is 2. The van der Waals surface area contributed by atoms with Gasteiger partial charge in [0.05, 0.1) is 5.69 Å². The fourth-order valence-corrected chi connectivity index (χ4v) is 3.82. The van der Waals surface area contributed by atoms with Crippen LogP contribution in [0.1, 0.15) is 10.4 Å². The van der Waals surface area contributed by atoms with Crippen molar-refractivity contribution in [1.29, 1.82) is 0 Å². The average molecular weight is 451 g/mol. The van der Waals surface area contributed by atoms with Gasteiger partial charge >= 0.3 is 6.03 Å². The van der Waals surface area contributed by atoms with Gasteiger partial charge in [-0.2, -0.15) is 5.10 Å². The van der Waals surface area contributed by atoms with Crippen LogP contribution in [0.25, 0.3) is 44.7 Å². The van der Waals surface area contributed by atoms with Crippen molar-refractivity contribution in [2.75, 3.05) is 19.4 Å². The predicted molar refractivity (Wildman–Crippen MR) is 133 cm³/mol. The lowest BCUT2D eigenvalue weighted by Crippen LogP contribution is -2.27. The summed E-state index contributed by atoms with van der Waals surface area (Å²) in [6.45, 7) is 0. The Hall–Kier alpha value is -4.72. The van der Waals surface area contributed by atoms with Crippen LogP contribution in [0.5, 0.6) is 0 Å². The van der Waals surface area contributed by atoms with Crippen LogP contribution in [0.15, 0.2) is 73.1 Å². The Bertz CT molecular complexity index is 1480. The van der Waals surface area contributed by atoms with E-state index in [0.717, 1.165) is 51.0 Å². The highest BCUT2D eigenvalue weighted by Gasteiger charge is 2.16. The van der Waals surface area contributed by atoms with Gasteiger partial charge in [-0.1, -0.05) is 36.4 Å². The highest BCUT2D eigenvalue weighted by molar-refractivity contribution is 5.99. The summed E-state index contributed by atoms with van der Waals surface area (Å²) in [4.78, 5) is 32.2. The summed E-state index contributed by atoms with van der Waals surface area (Å²) < 4.78 is 0. The van der Waals surface area contributed by atoms with Crippen molar-refractivity contribution < 1.29 is 9.59 Å². The Kier molecular flexibility index (Phi) is 5.39. The van der Waals surface area contributed by atoms with Crippen molar-refractivity contribution in [3.05, 3.63) is 78.6 Å². The molecule has 0 unspecified atom stereocenters. The lowest BCUT2D eigenvalue weighted by molar-refractivity contribution is 0.112. The SMILES string of the molecule is CN(C)C(=O)Nc1ccc(-c2n[nH]cc2-c2ccnc3[nH]c(-c4ccc(C=O)cc4)cc23)cc1. The van der Waals surface area contributed by atoms with Gasteiger partial charge in [0.2, 0.25) is 0 Å². The Morgan fingerprint density at radius 3 is 2.41 bits per heavy atom. The maximum absolute atomic E-state index is 11.9. The number of rotatable bonds is 5. The number of fused-ring (bicyclic) bond motifs is 1. The number of aldehydes is 1. The van der Waals surface area contributed by atoms with Crippen molar-refractivity contribution in [1.82, 2.24) is 25.1 Å². The van der Waals surface area contributed by atoms with Gasteiger partial charge in [0.15, 0.2) is 0 Å². The second kappa shape index (κ2) is 8.67. The van der Waals surface area contributed by atoms with Crippen LogP contribution < -0.4 is 5.32 Å². The first-order valence-corrected chi connectivity index (χ1v) is 10.7. The first-order valence-electron chi connectivity index (χ1n) is 10.7. The van der Waals surface area contributed by atoms with E-state index in [9.17, 15) is 9.59 Å². The maximum Gasteiger partial charge on any atom is 0.321 e. The summed E-state index contributed by atoms with van der Waals surface area (Å²) >= 11 is 0. The fourth-order valence-electron chi connectivity index (χ4n) is 3.82. The van der Waals surface area contributed by atoms with Crippen LogP contribution in [0.2, 0.25) is 0 Å². The number of nitrogens with one attached hydrogen (secondary N) is 3. The van der Waals surface area contributed by atoms with E-state index in [1.807, 2.05) is 48.7 Å². The summed E-state index contributed by atoms with van der Waals surface area (Å²) in [6, 6.07) is 18.8. The first kappa shape index (κ1) is 21.1. The predicted octanol–water partition coefficient (Wildman–Crippen LogP) is 5.19. The Labute approximate surface area is 195 Å². The maximum atomic E-state index is 11.9. The van der Waals surface area contributed by atoms with Crippen molar-refractivity contribution in [3.63, 3.8) is 0 Å². The molecule has 0 saturated heterocycles. The molecule has 0 atom stereocenters. The largest absolute Gasteiger partial charge is 0.339 e. The van der Waals surface area contributed by atoms with E-state index < -0.39 is 0 Å². The lowest BCUT2D eigenvalue weighted by Gasteiger charge is -2.12. The summed E-state index contributed by atoms with van der Waals surface area (Å²) in [7, 11) is 3.39. The van der Waals surface area contributed by atoms with Crippen molar-refractivity contribution in [2.24, 2.45) is 0 Å². The molecule has 0 aliphatic rings. The fraction of sp³-hybridized carbons (Fsp3) is 0.0769. The Balaban J connectivity index is 1.51. The lowest BCUT2D eigenvalue weighted by atomic mass is 10.00. The zero-order chi connectivity index (χ0) is 23.7. The number of amides is 2. The third kappa shape index (κ3) is 3.93. The van der Waals surface area contributed by atoms with Crippen LogP contribution in [0.3, 0.4) is 0 Å². The molecule has 3 aromatic heterocycles. The van der Waals surface area contributed by atoms with Crippen LogP contribution in [-0.4, -0.2) is 51.5 Å². The van der Waals surface area contributed by atoms with E-state index in [-0.39, 0.29) is 6.03 Å². The van der Waals surface area contributed by atoms with Gasteiger partial charge in [-0.05, 0) is 35.4 Å². The molecule has 8 nitrogen and oxygen atoms in total. The highest BCUT2D eigenvalue weighted by Crippen LogP contribution is 2.36. The smallest absolute Gasteiger partial charge is 0.321 e. The molecular formula is C26H22N6O2. The molecule has 2 amide bonds. The molecule has 5 rings (SSSR count). The minimum Gasteiger partial charge on any atom is -0.339 e. The Morgan fingerprint density at radius 1 is 0.971 bits per heavy atom. The van der Waals surface area contributed by atoms with E-state index in [4.69, 9.17) is 0 Å². The van der Waals surface area contributed by atoms with E-state index in [1.54, 1.807) is 32.4 Å². The van der Waals surface area contributed by atoms with Gasteiger partial charge in [-0.15, -0.1) is 0 Å². The number of carbonyl (C=O) groups excluding carboxylic acids is 2. The summed E-state index contributed by atoms with van der Waals surface area (Å²) in [5, 5.41) is 11.3. The molecule has 34 heavy (non-hydrogen) atoms. The molecule has 0 spiro atoms. The van der Waals surface area contributed by atoms with Gasteiger partial charge in [0.1, 0.15) is 11.9 Å². The highest BCUT2D eigenvalue weighted by atomic mass is 16.2. The average Bonchev–Trinajstić information content (AvgIpc) is 3.52. The molecule has 5 aromatic rings. The monoisotopic (exact) mass is 450 g/mol. The van der Waals surface area contributed by atoms with Crippen molar-refractivity contribution in [2.45, 2.75) is 0 Å². The zero-order valence-electron chi connectivity index (χ0n) is 18.7. The summed E-state index contributed by atoms with van der Waals surface area (Å²) in [6.07, 6.45) is 4.47. The number of pyridine rings is 1. The summed E-state index contributed by atoms with van der Waals surface area (Å²) in [5.74, 6) is 0. The number of H-pyrrole nitrogens is 2. The molecule has 0 aliphatic carbocycles. The van der Waals surface area contributed by atoms with Crippen LogP contribution >= 0.6 is 0 Å². The molecule has 3 N–H and O–H groups in total. The summed E-state index contributed by atoms with van der Waals surface area (Å²) in [5.41, 5.74) is 7.65. The molecule has 0 aliphatic heterocycles. The molecule has 8 heteroatoms. The van der Waals surface area contributed by atoms with Crippen LogP contribution in [-0.2, 0) is 0 Å². The van der Waals surface area contributed by atoms with E-state index in [1.165, 1.54) is 4.90 Å². The van der Waals surface area contributed by atoms with E-state index >= 15 is 0 Å². The van der Waals surface area contributed by atoms with Gasteiger partial charge < -0.3 is 15.2 Å². The number of hydrogen-bond donors (Lipinski definition) is 3. The first-order chi connectivity index (χ1) is 16.5. The number of hydrogen-bond acceptors (Lipinski definition) is 4. The third-order valence-corrected chi connectivity index (χ3v) is 5.64. The number of nitrogens with zero attached hydrogens (tertiary/aromatic N) is 3. The normalized spacial score (nSPS) is 10.9. The molecule has 0 bridgehead atoms. The topological polar surface area (TPSA) is 107 Å². The van der Waals surface area contributed by atoms with Crippen LogP contribution in [0, 0.1) is 0 Å². The van der Waals surface area contributed by atoms with Gasteiger partial charge in [0.25, 0.3) is 0 Å². The molecule has 0 fully saturated rings. The second-order valence-corrected chi connectivity index (χ2v) is 8.09. The van der Waals surface area contributed by atoms with Crippen molar-refractivity contribution >= 4 is 29.0 Å². The van der Waals surface area contributed by atoms with Gasteiger partial charge in [-0.25, -0.2) is 9.78 Å². The van der Waals surface area contributed by atoms with Crippen LogP contribution in [0.4, 0.5) is 10.5 Å². The molecule has 0 radical (unpaired) electrons. The minimum absolute atomic E-state index is 0.184. The molecular weight excluding hydrogens is 428 g/mol. The van der Waals surface area contributed by atoms with Crippen molar-refractivity contribution in [3.8, 4) is 33.6 Å². The molecule has 168 valence electrons. The van der Waals surface area contributed by atoms with Gasteiger partial charge in [0, 0.05) is 59.9 Å². The number of urea groups is 1. The molecule has 3 heterocycles. The number of benzene rings is 2. The van der Waals surface area contributed by atoms with E-state index in [2.05, 4.69) is 31.5 Å².